The quantitative estimate of drug-likeness (QED) is 0.290. The van der Waals surface area contributed by atoms with Crippen LogP contribution in [-0.4, -0.2) is 24.0 Å². The van der Waals surface area contributed by atoms with E-state index in [1.807, 2.05) is 0 Å². The predicted molar refractivity (Wildman–Crippen MR) is 93.5 cm³/mol. The van der Waals surface area contributed by atoms with Gasteiger partial charge in [0.2, 0.25) is 0 Å². The van der Waals surface area contributed by atoms with Crippen molar-refractivity contribution < 1.29 is 28.7 Å². The Morgan fingerprint density at radius 2 is 1.12 bits per heavy atom. The minimum Gasteiger partial charge on any atom is -0.810 e. The van der Waals surface area contributed by atoms with E-state index in [2.05, 4.69) is 13.8 Å². The monoisotopic (exact) mass is 399 g/mol. The Balaban J connectivity index is -0.000000301. The second-order valence-corrected chi connectivity index (χ2v) is 8.51. The fourth-order valence-corrected chi connectivity index (χ4v) is 3.54. The summed E-state index contributed by atoms with van der Waals surface area (Å²) in [5.41, 5.74) is 0. The van der Waals surface area contributed by atoms with Crippen LogP contribution in [0.25, 0.3) is 0 Å². The third kappa shape index (κ3) is 27.0. The van der Waals surface area contributed by atoms with Crippen molar-refractivity contribution in [3.8, 4) is 0 Å². The summed E-state index contributed by atoms with van der Waals surface area (Å²) in [5.74, 6) is 0.630. The first-order chi connectivity index (χ1) is 8.99. The fourth-order valence-electron chi connectivity index (χ4n) is 1.92. The van der Waals surface area contributed by atoms with Gasteiger partial charge in [-0.3, -0.25) is 4.90 Å². The predicted octanol–water partition coefficient (Wildman–Crippen LogP) is 1.14. The average molecular weight is 399 g/mol. The van der Waals surface area contributed by atoms with E-state index < -0.39 is 27.8 Å². The summed E-state index contributed by atoms with van der Waals surface area (Å²) in [7, 11) is -9.71. The Bertz CT molecular complexity index is 339. The number of quaternary nitrogens is 4. The molecule has 0 aliphatic rings. The van der Waals surface area contributed by atoms with Crippen molar-refractivity contribution in [2.75, 3.05) is 19.1 Å². The van der Waals surface area contributed by atoms with Crippen LogP contribution in [0.4, 0.5) is 0 Å². The lowest BCUT2D eigenvalue weighted by molar-refractivity contribution is -0.318. The Morgan fingerprint density at radius 1 is 0.750 bits per heavy atom. The molecule has 0 aromatic heterocycles. The SMILES string of the molecule is CC(C)CCCCCCN(CP(=O)([O-])[O-])CP(=O)([O-])[O-].[NH4+].[NH4+].[NH4+].[NH4+]. The number of hydrogen-bond donors (Lipinski definition) is 4. The van der Waals surface area contributed by atoms with Crippen molar-refractivity contribution in [2.24, 2.45) is 5.92 Å². The van der Waals surface area contributed by atoms with Gasteiger partial charge in [0.25, 0.3) is 0 Å². The maximum absolute atomic E-state index is 10.7. The van der Waals surface area contributed by atoms with Crippen LogP contribution in [0.5, 0.6) is 0 Å². The van der Waals surface area contributed by atoms with Gasteiger partial charge in [0.15, 0.2) is 0 Å². The van der Waals surface area contributed by atoms with Crippen molar-refractivity contribution in [1.82, 2.24) is 29.5 Å². The normalized spacial score (nSPS) is 11.2. The molecule has 0 heterocycles. The van der Waals surface area contributed by atoms with E-state index >= 15 is 0 Å². The highest BCUT2D eigenvalue weighted by molar-refractivity contribution is 7.49. The molecule has 0 rings (SSSR count). The zero-order valence-electron chi connectivity index (χ0n) is 16.0. The van der Waals surface area contributed by atoms with E-state index in [1.54, 1.807) is 0 Å². The second kappa shape index (κ2) is 16.6. The lowest BCUT2D eigenvalue weighted by Gasteiger charge is -2.41. The van der Waals surface area contributed by atoms with E-state index in [0.29, 0.717) is 12.3 Å². The molecule has 11 nitrogen and oxygen atoms in total. The van der Waals surface area contributed by atoms with E-state index in [1.165, 1.54) is 0 Å². The van der Waals surface area contributed by atoms with Crippen LogP contribution in [0.1, 0.15) is 46.0 Å². The van der Waals surface area contributed by atoms with Gasteiger partial charge < -0.3 is 53.3 Å². The molecule has 16 N–H and O–H groups in total. The molecule has 0 aromatic rings. The highest BCUT2D eigenvalue weighted by Crippen LogP contribution is 2.30. The van der Waals surface area contributed by atoms with Gasteiger partial charge >= 0.3 is 0 Å². The van der Waals surface area contributed by atoms with Gasteiger partial charge in [-0.25, -0.2) is 0 Å². The van der Waals surface area contributed by atoms with Gasteiger partial charge in [-0.05, 0) is 18.9 Å². The standard InChI is InChI=1S/C11H27NO6P2.4H3N/c1-11(2)7-5-3-4-6-8-12(9-19(13,14)15)10-20(16,17)18;;;;/h11H,3-10H2,1-2H3,(H2,13,14,15)(H2,16,17,18);4*1H3. The molecule has 0 fully saturated rings. The Hall–Kier alpha value is 0.100. The summed E-state index contributed by atoms with van der Waals surface area (Å²) in [5, 5.41) is 0. The van der Waals surface area contributed by atoms with Gasteiger partial charge in [0.05, 0.1) is 0 Å². The van der Waals surface area contributed by atoms with Crippen molar-refractivity contribution in [3.63, 3.8) is 0 Å². The van der Waals surface area contributed by atoms with E-state index in [0.717, 1.165) is 30.6 Å². The molecular weight excluding hydrogens is 360 g/mol. The number of rotatable bonds is 11. The first-order valence-corrected chi connectivity index (χ1v) is 10.2. The van der Waals surface area contributed by atoms with Crippen molar-refractivity contribution in [1.29, 1.82) is 0 Å². The van der Waals surface area contributed by atoms with Gasteiger partial charge in [-0.2, -0.15) is 0 Å². The molecule has 0 unspecified atom stereocenters. The maximum atomic E-state index is 10.7. The summed E-state index contributed by atoms with van der Waals surface area (Å²) >= 11 is 0. The highest BCUT2D eigenvalue weighted by atomic mass is 31.2. The van der Waals surface area contributed by atoms with E-state index in [-0.39, 0.29) is 31.1 Å². The van der Waals surface area contributed by atoms with Crippen molar-refractivity contribution >= 4 is 15.2 Å². The van der Waals surface area contributed by atoms with Gasteiger partial charge in [0, 0.05) is 12.6 Å². The van der Waals surface area contributed by atoms with E-state index in [9.17, 15) is 28.7 Å². The summed E-state index contributed by atoms with van der Waals surface area (Å²) in [6.07, 6.45) is 2.69. The second-order valence-electron chi connectivity index (χ2n) is 5.50. The lowest BCUT2D eigenvalue weighted by Crippen LogP contribution is -2.36. The largest absolute Gasteiger partial charge is 0.810 e. The molecule has 0 aromatic carbocycles. The van der Waals surface area contributed by atoms with Gasteiger partial charge in [-0.15, -0.1) is 0 Å². The minimum atomic E-state index is -4.86. The number of hydrogen-bond acceptors (Lipinski definition) is 7. The Morgan fingerprint density at radius 3 is 1.46 bits per heavy atom. The Labute approximate surface area is 145 Å². The fraction of sp³-hybridized carbons (Fsp3) is 1.00. The van der Waals surface area contributed by atoms with Crippen LogP contribution in [0, 0.1) is 5.92 Å². The van der Waals surface area contributed by atoms with Crippen LogP contribution >= 0.6 is 15.2 Å². The molecule has 0 radical (unpaired) electrons. The molecule has 0 bridgehead atoms. The molecule has 24 heavy (non-hydrogen) atoms. The van der Waals surface area contributed by atoms with Crippen molar-refractivity contribution in [3.05, 3.63) is 0 Å². The first-order valence-electron chi connectivity index (χ1n) is 6.74. The first kappa shape index (κ1) is 35.3. The maximum Gasteiger partial charge on any atom is 0.0264 e. The molecule has 0 aliphatic heterocycles. The number of unbranched alkanes of at least 4 members (excludes halogenated alkanes) is 3. The molecule has 0 spiro atoms. The van der Waals surface area contributed by atoms with E-state index in [4.69, 9.17) is 0 Å². The van der Waals surface area contributed by atoms with Crippen LogP contribution in [-0.2, 0) is 9.13 Å². The summed E-state index contributed by atoms with van der Waals surface area (Å²) in [4.78, 5) is 43.6. The van der Waals surface area contributed by atoms with Crippen LogP contribution in [0.15, 0.2) is 0 Å². The Kier molecular flexibility index (Phi) is 24.3. The van der Waals surface area contributed by atoms with Gasteiger partial charge in [-0.1, -0.05) is 54.7 Å². The van der Waals surface area contributed by atoms with Crippen LogP contribution in [0.3, 0.4) is 0 Å². The van der Waals surface area contributed by atoms with Crippen LogP contribution < -0.4 is 44.2 Å². The molecule has 0 saturated carbocycles. The highest BCUT2D eigenvalue weighted by Gasteiger charge is 2.08. The summed E-state index contributed by atoms with van der Waals surface area (Å²) < 4.78 is 21.3. The third-order valence-corrected chi connectivity index (χ3v) is 4.25. The number of nitrogens with zero attached hydrogens (tertiary/aromatic N) is 1. The lowest BCUT2D eigenvalue weighted by atomic mass is 10.0. The van der Waals surface area contributed by atoms with Crippen LogP contribution in [0.2, 0.25) is 0 Å². The zero-order valence-corrected chi connectivity index (χ0v) is 17.8. The summed E-state index contributed by atoms with van der Waals surface area (Å²) in [6.45, 7) is 4.38. The molecular formula is C11H39N5O6P2. The molecule has 0 amide bonds. The average Bonchev–Trinajstić information content (AvgIpc) is 2.17. The zero-order chi connectivity index (χ0) is 15.8. The third-order valence-electron chi connectivity index (χ3n) is 2.75. The molecule has 154 valence electrons. The van der Waals surface area contributed by atoms with Gasteiger partial charge in [0.1, 0.15) is 0 Å². The topological polar surface area (TPSA) is 276 Å². The van der Waals surface area contributed by atoms with Crippen molar-refractivity contribution in [2.45, 2.75) is 46.0 Å². The summed E-state index contributed by atoms with van der Waals surface area (Å²) in [6, 6.07) is 0. The smallest absolute Gasteiger partial charge is 0.0264 e. The molecule has 0 aliphatic carbocycles. The molecule has 13 heteroatoms. The molecule has 0 saturated heterocycles. The molecule has 0 atom stereocenters. The minimum absolute atomic E-state index is 0.